The lowest BCUT2D eigenvalue weighted by atomic mass is 10.1. The second kappa shape index (κ2) is 9.99. The minimum absolute atomic E-state index is 0.214. The number of halogens is 3. The lowest BCUT2D eigenvalue weighted by Crippen LogP contribution is -2.49. The van der Waals surface area contributed by atoms with Crippen molar-refractivity contribution in [2.45, 2.75) is 59.3 Å². The molecule has 0 spiro atoms. The predicted octanol–water partition coefficient (Wildman–Crippen LogP) is 4.60. The van der Waals surface area contributed by atoms with Crippen molar-refractivity contribution >= 4 is 55.1 Å². The van der Waals surface area contributed by atoms with E-state index in [-0.39, 0.29) is 17.8 Å². The summed E-state index contributed by atoms with van der Waals surface area (Å²) in [5.74, 6) is 0.641. The van der Waals surface area contributed by atoms with Gasteiger partial charge in [0, 0.05) is 0 Å². The van der Waals surface area contributed by atoms with Crippen molar-refractivity contribution in [3.8, 4) is 0 Å². The first-order valence-electron chi connectivity index (χ1n) is 9.81. The van der Waals surface area contributed by atoms with E-state index in [9.17, 15) is 0 Å². The van der Waals surface area contributed by atoms with E-state index >= 15 is 0 Å². The molecule has 31 heavy (non-hydrogen) atoms. The SMILES string of the molecule is CC(C)c1nn(O[B-](On2cc(Br)c(C(C)C)n2)On2cc(Br)c(C(C)C)n2)cc1Br. The lowest BCUT2D eigenvalue weighted by molar-refractivity contribution is 0.0390. The summed E-state index contributed by atoms with van der Waals surface area (Å²) in [6.45, 7) is 12.3. The average Bonchev–Trinajstić information content (AvgIpc) is 3.32. The van der Waals surface area contributed by atoms with Crippen LogP contribution in [0.3, 0.4) is 0 Å². The Morgan fingerprint density at radius 2 is 0.871 bits per heavy atom. The molecule has 0 bridgehead atoms. The van der Waals surface area contributed by atoms with E-state index in [1.54, 1.807) is 18.6 Å². The maximum Gasteiger partial charge on any atom is 0.585 e. The van der Waals surface area contributed by atoms with Crippen LogP contribution in [0.5, 0.6) is 0 Å². The number of hydrogen-bond donors (Lipinski definition) is 0. The fourth-order valence-corrected chi connectivity index (χ4v) is 4.83. The van der Waals surface area contributed by atoms with Crippen LogP contribution in [0, 0.1) is 0 Å². The maximum atomic E-state index is 5.83. The van der Waals surface area contributed by atoms with E-state index in [4.69, 9.17) is 14.3 Å². The monoisotopic (exact) mass is 620 g/mol. The van der Waals surface area contributed by atoms with Gasteiger partial charge in [-0.25, -0.2) is 0 Å². The quantitative estimate of drug-likeness (QED) is 0.325. The Hall–Kier alpha value is -1.47. The number of aromatic nitrogens is 6. The van der Waals surface area contributed by atoms with E-state index < -0.39 is 7.32 Å². The summed E-state index contributed by atoms with van der Waals surface area (Å²) in [7, 11) is -1.23. The van der Waals surface area contributed by atoms with Gasteiger partial charge in [-0.2, -0.15) is 14.5 Å². The first-order valence-corrected chi connectivity index (χ1v) is 12.2. The smallest absolute Gasteiger partial charge is 0.560 e. The topological polar surface area (TPSA) is 81.1 Å². The number of nitrogens with zero attached hydrogens (tertiary/aromatic N) is 6. The summed E-state index contributed by atoms with van der Waals surface area (Å²) in [4.78, 5) is 3.90. The summed E-state index contributed by atoms with van der Waals surface area (Å²) >= 11 is 10.5. The van der Waals surface area contributed by atoms with Crippen molar-refractivity contribution in [3.63, 3.8) is 0 Å². The molecule has 3 aromatic heterocycles. The molecular formula is C18H24BBr3N6O3-. The van der Waals surface area contributed by atoms with Crippen LogP contribution in [0.4, 0.5) is 0 Å². The molecule has 0 amide bonds. The second-order valence-electron chi connectivity index (χ2n) is 7.86. The van der Waals surface area contributed by atoms with E-state index in [0.29, 0.717) is 0 Å². The Kier molecular flexibility index (Phi) is 7.79. The van der Waals surface area contributed by atoms with Crippen LogP contribution in [0.15, 0.2) is 32.0 Å². The molecule has 0 saturated carbocycles. The summed E-state index contributed by atoms with van der Waals surface area (Å²) in [6.07, 6.45) is 5.10. The highest BCUT2D eigenvalue weighted by Gasteiger charge is 2.19. The van der Waals surface area contributed by atoms with Gasteiger partial charge in [0.15, 0.2) is 0 Å². The standard InChI is InChI=1S/C18H24BBr3N6O3/c1-10(2)16-13(20)7-26(23-16)29-19(30-27-8-14(21)17(24-27)11(3)4)31-28-9-15(22)18(25-28)12(5)6/h7-12H,1-6H3/q-1. The van der Waals surface area contributed by atoms with Gasteiger partial charge in [0.25, 0.3) is 0 Å². The predicted molar refractivity (Wildman–Crippen MR) is 128 cm³/mol. The molecule has 0 atom stereocenters. The van der Waals surface area contributed by atoms with Crippen LogP contribution in [0.2, 0.25) is 0 Å². The Balaban J connectivity index is 1.87. The number of rotatable bonds is 9. The molecule has 0 aliphatic carbocycles. The third kappa shape index (κ3) is 5.86. The molecule has 0 aliphatic rings. The lowest BCUT2D eigenvalue weighted by Gasteiger charge is -2.29. The fourth-order valence-electron chi connectivity index (χ4n) is 2.70. The number of hydrogen-bond acceptors (Lipinski definition) is 6. The molecular weight excluding hydrogens is 599 g/mol. The van der Waals surface area contributed by atoms with Crippen LogP contribution in [-0.2, 0) is 0 Å². The molecule has 1 radical (unpaired) electrons. The van der Waals surface area contributed by atoms with Gasteiger partial charge in [-0.05, 0) is 65.5 Å². The third-order valence-corrected chi connectivity index (χ3v) is 6.08. The zero-order valence-electron chi connectivity index (χ0n) is 18.1. The zero-order chi connectivity index (χ0) is 22.9. The first kappa shape index (κ1) is 24.2. The molecule has 0 N–H and O–H groups in total. The summed E-state index contributed by atoms with van der Waals surface area (Å²) < 4.78 is 20.0. The minimum Gasteiger partial charge on any atom is -0.560 e. The normalized spacial score (nSPS) is 11.9. The molecule has 3 heterocycles. The van der Waals surface area contributed by atoms with E-state index in [0.717, 1.165) is 30.5 Å². The Morgan fingerprint density at radius 3 is 1.06 bits per heavy atom. The zero-order valence-corrected chi connectivity index (χ0v) is 22.8. The molecule has 13 heteroatoms. The highest BCUT2D eigenvalue weighted by Crippen LogP contribution is 2.24. The molecule has 0 saturated heterocycles. The van der Waals surface area contributed by atoms with Gasteiger partial charge in [-0.3, -0.25) is 0 Å². The van der Waals surface area contributed by atoms with Gasteiger partial charge in [-0.15, -0.1) is 15.3 Å². The van der Waals surface area contributed by atoms with E-state index in [1.807, 2.05) is 41.5 Å². The van der Waals surface area contributed by atoms with Crippen LogP contribution < -0.4 is 14.3 Å². The summed E-state index contributed by atoms with van der Waals surface area (Å²) in [5, 5.41) is 13.3. The maximum absolute atomic E-state index is 5.83. The van der Waals surface area contributed by atoms with Gasteiger partial charge in [0.2, 0.25) is 0 Å². The molecule has 0 fully saturated rings. The highest BCUT2D eigenvalue weighted by molar-refractivity contribution is 9.11. The molecule has 3 rings (SSSR count). The van der Waals surface area contributed by atoms with Gasteiger partial charge in [-0.1, -0.05) is 41.5 Å². The van der Waals surface area contributed by atoms with Crippen molar-refractivity contribution in [1.29, 1.82) is 0 Å². The van der Waals surface area contributed by atoms with E-state index in [2.05, 4.69) is 63.1 Å². The van der Waals surface area contributed by atoms with Crippen LogP contribution in [0.1, 0.15) is 76.4 Å². The Labute approximate surface area is 206 Å². The third-order valence-electron chi connectivity index (χ3n) is 4.25. The molecule has 169 valence electrons. The van der Waals surface area contributed by atoms with Gasteiger partial charge in [0.1, 0.15) is 0 Å². The van der Waals surface area contributed by atoms with Crippen molar-refractivity contribution in [3.05, 3.63) is 49.1 Å². The first-order chi connectivity index (χ1) is 14.5. The average molecular weight is 623 g/mol. The summed E-state index contributed by atoms with van der Waals surface area (Å²) in [5.41, 5.74) is 2.56. The van der Waals surface area contributed by atoms with Gasteiger partial charge >= 0.3 is 7.32 Å². The molecule has 0 unspecified atom stereocenters. The Morgan fingerprint density at radius 1 is 0.613 bits per heavy atom. The fraction of sp³-hybridized carbons (Fsp3) is 0.500. The van der Waals surface area contributed by atoms with Crippen LogP contribution in [-0.4, -0.2) is 37.2 Å². The second-order valence-corrected chi connectivity index (χ2v) is 10.4. The van der Waals surface area contributed by atoms with Gasteiger partial charge in [0.05, 0.1) is 49.1 Å². The highest BCUT2D eigenvalue weighted by atomic mass is 79.9. The van der Waals surface area contributed by atoms with Crippen LogP contribution >= 0.6 is 47.8 Å². The summed E-state index contributed by atoms with van der Waals surface area (Å²) in [6, 6.07) is 0. The molecule has 0 aromatic carbocycles. The van der Waals surface area contributed by atoms with Crippen molar-refractivity contribution < 1.29 is 14.3 Å². The van der Waals surface area contributed by atoms with Crippen molar-refractivity contribution in [2.75, 3.05) is 0 Å². The minimum atomic E-state index is -1.23. The largest absolute Gasteiger partial charge is 0.585 e. The van der Waals surface area contributed by atoms with Crippen molar-refractivity contribution in [2.24, 2.45) is 0 Å². The van der Waals surface area contributed by atoms with Gasteiger partial charge < -0.3 is 14.3 Å². The molecule has 3 aromatic rings. The molecule has 0 aliphatic heterocycles. The van der Waals surface area contributed by atoms with Crippen molar-refractivity contribution in [1.82, 2.24) is 29.8 Å². The van der Waals surface area contributed by atoms with E-state index in [1.165, 1.54) is 14.5 Å². The van der Waals surface area contributed by atoms with Crippen LogP contribution in [0.25, 0.3) is 0 Å². The Bertz CT molecular complexity index is 904. The molecule has 9 nitrogen and oxygen atoms in total.